The van der Waals surface area contributed by atoms with Crippen molar-refractivity contribution in [3.8, 4) is 11.1 Å². The van der Waals surface area contributed by atoms with Gasteiger partial charge < -0.3 is 5.73 Å². The molecule has 0 amide bonds. The highest BCUT2D eigenvalue weighted by Crippen LogP contribution is 2.25. The van der Waals surface area contributed by atoms with Crippen molar-refractivity contribution < 1.29 is 0 Å². The van der Waals surface area contributed by atoms with Crippen LogP contribution in [0.2, 0.25) is 0 Å². The lowest BCUT2D eigenvalue weighted by Crippen LogP contribution is -1.99. The lowest BCUT2D eigenvalue weighted by atomic mass is 9.97. The summed E-state index contributed by atoms with van der Waals surface area (Å²) in [5.41, 5.74) is 12.0. The number of benzene rings is 2. The second-order valence-electron chi connectivity index (χ2n) is 4.23. The molecule has 2 N–H and O–H groups in total. The Labute approximate surface area is 96.9 Å². The van der Waals surface area contributed by atoms with Crippen LogP contribution in [0, 0.1) is 13.8 Å². The van der Waals surface area contributed by atoms with Gasteiger partial charge in [0.1, 0.15) is 0 Å². The Balaban J connectivity index is 2.53. The van der Waals surface area contributed by atoms with Crippen molar-refractivity contribution >= 4 is 0 Å². The van der Waals surface area contributed by atoms with Gasteiger partial charge in [0, 0.05) is 6.54 Å². The maximum absolute atomic E-state index is 5.77. The van der Waals surface area contributed by atoms with Gasteiger partial charge in [0.15, 0.2) is 0 Å². The van der Waals surface area contributed by atoms with Crippen LogP contribution in [0.5, 0.6) is 0 Å². The average Bonchev–Trinajstić information content (AvgIpc) is 2.30. The first kappa shape index (κ1) is 10.9. The molecule has 0 atom stereocenters. The Kier molecular flexibility index (Phi) is 3.07. The fourth-order valence-corrected chi connectivity index (χ4v) is 1.87. The van der Waals surface area contributed by atoms with Crippen molar-refractivity contribution in [1.82, 2.24) is 0 Å². The second-order valence-corrected chi connectivity index (χ2v) is 4.23. The minimum atomic E-state index is 0.587. The molecule has 1 heteroatoms. The van der Waals surface area contributed by atoms with Crippen molar-refractivity contribution in [2.24, 2.45) is 5.73 Å². The van der Waals surface area contributed by atoms with E-state index in [9.17, 15) is 0 Å². The smallest absolute Gasteiger partial charge is 0.0184 e. The predicted octanol–water partition coefficient (Wildman–Crippen LogP) is 3.43. The molecule has 1 nitrogen and oxygen atoms in total. The zero-order valence-electron chi connectivity index (χ0n) is 9.83. The molecule has 0 aliphatic heterocycles. The zero-order chi connectivity index (χ0) is 11.5. The molecule has 0 bridgehead atoms. The van der Waals surface area contributed by atoms with Gasteiger partial charge in [-0.1, -0.05) is 53.6 Å². The highest BCUT2D eigenvalue weighted by molar-refractivity contribution is 5.68. The van der Waals surface area contributed by atoms with Gasteiger partial charge in [0.2, 0.25) is 0 Å². The Hall–Kier alpha value is -1.60. The lowest BCUT2D eigenvalue weighted by molar-refractivity contribution is 1.07. The minimum absolute atomic E-state index is 0.587. The summed E-state index contributed by atoms with van der Waals surface area (Å²) in [5, 5.41) is 0. The summed E-state index contributed by atoms with van der Waals surface area (Å²) >= 11 is 0. The molecular weight excluding hydrogens is 194 g/mol. The fourth-order valence-electron chi connectivity index (χ4n) is 1.87. The highest BCUT2D eigenvalue weighted by Gasteiger charge is 2.03. The van der Waals surface area contributed by atoms with Gasteiger partial charge in [-0.2, -0.15) is 0 Å². The third-order valence-corrected chi connectivity index (χ3v) is 2.85. The standard InChI is InChI=1S/C15H17N/c1-11-3-6-13(7-4-11)15-9-12(2)5-8-14(15)10-16/h3-9H,10,16H2,1-2H3. The first-order valence-electron chi connectivity index (χ1n) is 5.57. The topological polar surface area (TPSA) is 26.0 Å². The van der Waals surface area contributed by atoms with E-state index in [1.54, 1.807) is 0 Å². The van der Waals surface area contributed by atoms with E-state index in [0.717, 1.165) is 0 Å². The molecular formula is C15H17N. The molecule has 0 radical (unpaired) electrons. The van der Waals surface area contributed by atoms with Crippen molar-refractivity contribution in [3.05, 3.63) is 59.2 Å². The Morgan fingerprint density at radius 1 is 0.875 bits per heavy atom. The SMILES string of the molecule is Cc1ccc(-c2cc(C)ccc2CN)cc1. The van der Waals surface area contributed by atoms with Gasteiger partial charge in [0.05, 0.1) is 0 Å². The normalized spacial score (nSPS) is 10.4. The largest absolute Gasteiger partial charge is 0.326 e. The molecule has 0 aromatic heterocycles. The summed E-state index contributed by atoms with van der Waals surface area (Å²) in [6, 6.07) is 15.0. The van der Waals surface area contributed by atoms with Gasteiger partial charge >= 0.3 is 0 Å². The molecule has 16 heavy (non-hydrogen) atoms. The summed E-state index contributed by atoms with van der Waals surface area (Å²) in [7, 11) is 0. The van der Waals surface area contributed by atoms with Crippen LogP contribution in [0.1, 0.15) is 16.7 Å². The van der Waals surface area contributed by atoms with Crippen LogP contribution in [0.25, 0.3) is 11.1 Å². The van der Waals surface area contributed by atoms with Crippen LogP contribution in [0.3, 0.4) is 0 Å². The molecule has 0 aliphatic carbocycles. The van der Waals surface area contributed by atoms with Crippen LogP contribution < -0.4 is 5.73 Å². The van der Waals surface area contributed by atoms with Crippen molar-refractivity contribution in [2.45, 2.75) is 20.4 Å². The maximum Gasteiger partial charge on any atom is 0.0184 e. The minimum Gasteiger partial charge on any atom is -0.326 e. The Bertz CT molecular complexity index is 483. The molecule has 2 aromatic carbocycles. The molecule has 2 rings (SSSR count). The molecule has 0 unspecified atom stereocenters. The molecule has 0 saturated heterocycles. The summed E-state index contributed by atoms with van der Waals surface area (Å²) in [6.45, 7) is 4.80. The van der Waals surface area contributed by atoms with E-state index in [4.69, 9.17) is 5.73 Å². The quantitative estimate of drug-likeness (QED) is 0.809. The van der Waals surface area contributed by atoms with E-state index in [1.165, 1.54) is 27.8 Å². The number of hydrogen-bond donors (Lipinski definition) is 1. The van der Waals surface area contributed by atoms with E-state index in [2.05, 4.69) is 56.3 Å². The van der Waals surface area contributed by atoms with Gasteiger partial charge in [0.25, 0.3) is 0 Å². The van der Waals surface area contributed by atoms with Gasteiger partial charge in [-0.15, -0.1) is 0 Å². The number of nitrogens with two attached hydrogens (primary N) is 1. The monoisotopic (exact) mass is 211 g/mol. The molecule has 0 heterocycles. The third-order valence-electron chi connectivity index (χ3n) is 2.85. The van der Waals surface area contributed by atoms with E-state index >= 15 is 0 Å². The van der Waals surface area contributed by atoms with E-state index in [-0.39, 0.29) is 0 Å². The van der Waals surface area contributed by atoms with E-state index < -0.39 is 0 Å². The van der Waals surface area contributed by atoms with E-state index in [1.807, 2.05) is 0 Å². The maximum atomic E-state index is 5.77. The van der Waals surface area contributed by atoms with Gasteiger partial charge in [-0.05, 0) is 30.5 Å². The van der Waals surface area contributed by atoms with Crippen molar-refractivity contribution in [2.75, 3.05) is 0 Å². The van der Waals surface area contributed by atoms with Crippen LogP contribution >= 0.6 is 0 Å². The number of rotatable bonds is 2. The summed E-state index contributed by atoms with van der Waals surface area (Å²) < 4.78 is 0. The van der Waals surface area contributed by atoms with Crippen LogP contribution in [-0.2, 0) is 6.54 Å². The molecule has 0 spiro atoms. The van der Waals surface area contributed by atoms with Crippen LogP contribution in [0.15, 0.2) is 42.5 Å². The highest BCUT2D eigenvalue weighted by atomic mass is 14.5. The summed E-state index contributed by atoms with van der Waals surface area (Å²) in [4.78, 5) is 0. The zero-order valence-corrected chi connectivity index (χ0v) is 9.83. The molecule has 0 aliphatic rings. The van der Waals surface area contributed by atoms with Crippen molar-refractivity contribution in [1.29, 1.82) is 0 Å². The van der Waals surface area contributed by atoms with Crippen LogP contribution in [-0.4, -0.2) is 0 Å². The number of hydrogen-bond acceptors (Lipinski definition) is 1. The average molecular weight is 211 g/mol. The Morgan fingerprint density at radius 3 is 2.12 bits per heavy atom. The molecule has 0 fully saturated rings. The number of aryl methyl sites for hydroxylation is 2. The fraction of sp³-hybridized carbons (Fsp3) is 0.200. The summed E-state index contributed by atoms with van der Waals surface area (Å²) in [6.07, 6.45) is 0. The predicted molar refractivity (Wildman–Crippen MR) is 69.2 cm³/mol. The summed E-state index contributed by atoms with van der Waals surface area (Å²) in [5.74, 6) is 0. The lowest BCUT2D eigenvalue weighted by Gasteiger charge is -2.09. The molecule has 82 valence electrons. The Morgan fingerprint density at radius 2 is 1.50 bits per heavy atom. The van der Waals surface area contributed by atoms with E-state index in [0.29, 0.717) is 6.54 Å². The second kappa shape index (κ2) is 4.50. The third kappa shape index (κ3) is 2.15. The first-order chi connectivity index (χ1) is 7.70. The van der Waals surface area contributed by atoms with Gasteiger partial charge in [-0.25, -0.2) is 0 Å². The van der Waals surface area contributed by atoms with Crippen LogP contribution in [0.4, 0.5) is 0 Å². The van der Waals surface area contributed by atoms with Gasteiger partial charge in [-0.3, -0.25) is 0 Å². The van der Waals surface area contributed by atoms with Crippen molar-refractivity contribution in [3.63, 3.8) is 0 Å². The molecule has 2 aromatic rings. The first-order valence-corrected chi connectivity index (χ1v) is 5.57. The molecule has 0 saturated carbocycles.